The highest BCUT2D eigenvalue weighted by Gasteiger charge is 2.27. The lowest BCUT2D eigenvalue weighted by atomic mass is 9.80. The van der Waals surface area contributed by atoms with Crippen LogP contribution in [0, 0.1) is 0 Å². The summed E-state index contributed by atoms with van der Waals surface area (Å²) in [5.74, 6) is 0. The minimum absolute atomic E-state index is 0.226. The van der Waals surface area contributed by atoms with Crippen molar-refractivity contribution >= 4 is 12.6 Å². The van der Waals surface area contributed by atoms with Crippen molar-refractivity contribution in [2.45, 2.75) is 26.4 Å². The molecule has 0 spiro atoms. The maximum Gasteiger partial charge on any atom is 0.497 e. The Labute approximate surface area is 85.3 Å². The molecule has 0 bridgehead atoms. The second-order valence-electron chi connectivity index (χ2n) is 4.25. The van der Waals surface area contributed by atoms with Crippen LogP contribution in [0.15, 0.2) is 12.4 Å². The van der Waals surface area contributed by atoms with Crippen molar-refractivity contribution < 1.29 is 9.31 Å². The topological polar surface area (TPSA) is 36.3 Å². The fraction of sp³-hybridized carbons (Fsp3) is 0.667. The van der Waals surface area contributed by atoms with E-state index in [0.29, 0.717) is 0 Å². The smallest absolute Gasteiger partial charge is 0.410 e. The summed E-state index contributed by atoms with van der Waals surface area (Å²) < 4.78 is 12.7. The third kappa shape index (κ3) is 3.16. The minimum atomic E-state index is -0.344. The average Bonchev–Trinajstić information content (AvgIpc) is 2.46. The van der Waals surface area contributed by atoms with Gasteiger partial charge in [0, 0.05) is 37.6 Å². The fourth-order valence-corrected chi connectivity index (χ4v) is 1.14. The molecule has 0 saturated carbocycles. The zero-order valence-corrected chi connectivity index (χ0v) is 9.44. The van der Waals surface area contributed by atoms with Crippen molar-refractivity contribution in [3.63, 3.8) is 0 Å². The second-order valence-corrected chi connectivity index (χ2v) is 4.25. The lowest BCUT2D eigenvalue weighted by Gasteiger charge is -2.23. The predicted octanol–water partition coefficient (Wildman–Crippen LogP) is 0.577. The molecule has 0 unspecified atom stereocenters. The number of hydrogen-bond acceptors (Lipinski definition) is 3. The Balaban J connectivity index is 2.72. The molecule has 0 aliphatic carbocycles. The first kappa shape index (κ1) is 11.3. The van der Waals surface area contributed by atoms with Gasteiger partial charge in [0.05, 0.1) is 0 Å². The molecule has 0 atom stereocenters. The predicted molar refractivity (Wildman–Crippen MR) is 56.4 cm³/mol. The highest BCUT2D eigenvalue weighted by molar-refractivity contribution is 6.61. The van der Waals surface area contributed by atoms with Crippen LogP contribution < -0.4 is 5.46 Å². The molecule has 0 N–H and O–H groups in total. The Morgan fingerprint density at radius 2 is 2.07 bits per heavy atom. The highest BCUT2D eigenvalue weighted by Crippen LogP contribution is 2.08. The number of nitrogens with zero attached hydrogens (tertiary/aromatic N) is 2. The van der Waals surface area contributed by atoms with Crippen molar-refractivity contribution in [2.75, 3.05) is 7.11 Å². The van der Waals surface area contributed by atoms with Gasteiger partial charge in [0.2, 0.25) is 0 Å². The maximum atomic E-state index is 5.71. The first-order valence-corrected chi connectivity index (χ1v) is 4.61. The van der Waals surface area contributed by atoms with E-state index in [4.69, 9.17) is 9.31 Å². The van der Waals surface area contributed by atoms with E-state index in [1.165, 1.54) is 0 Å². The lowest BCUT2D eigenvalue weighted by molar-refractivity contribution is 0.0982. The van der Waals surface area contributed by atoms with Crippen molar-refractivity contribution in [1.82, 2.24) is 9.78 Å². The van der Waals surface area contributed by atoms with E-state index in [1.807, 2.05) is 34.0 Å². The van der Waals surface area contributed by atoms with Gasteiger partial charge in [-0.05, 0) is 20.8 Å². The summed E-state index contributed by atoms with van der Waals surface area (Å²) in [7, 11) is 3.15. The number of rotatable bonds is 3. The molecule has 0 fully saturated rings. The average molecular weight is 196 g/mol. The van der Waals surface area contributed by atoms with Crippen LogP contribution in [0.5, 0.6) is 0 Å². The van der Waals surface area contributed by atoms with Gasteiger partial charge >= 0.3 is 7.12 Å². The molecule has 0 aromatic carbocycles. The molecular weight excluding hydrogens is 179 g/mol. The van der Waals surface area contributed by atoms with Crippen LogP contribution in [0.4, 0.5) is 0 Å². The summed E-state index contributed by atoms with van der Waals surface area (Å²) in [6, 6.07) is 0. The van der Waals surface area contributed by atoms with Crippen LogP contribution >= 0.6 is 0 Å². The molecule has 14 heavy (non-hydrogen) atoms. The normalized spacial score (nSPS) is 11.8. The van der Waals surface area contributed by atoms with Gasteiger partial charge in [-0.2, -0.15) is 5.10 Å². The van der Waals surface area contributed by atoms with E-state index < -0.39 is 0 Å². The van der Waals surface area contributed by atoms with Gasteiger partial charge in [0.1, 0.15) is 0 Å². The van der Waals surface area contributed by atoms with E-state index in [9.17, 15) is 0 Å². The van der Waals surface area contributed by atoms with Crippen LogP contribution in [0.2, 0.25) is 0 Å². The zero-order valence-electron chi connectivity index (χ0n) is 9.44. The van der Waals surface area contributed by atoms with E-state index in [1.54, 1.807) is 18.0 Å². The van der Waals surface area contributed by atoms with E-state index >= 15 is 0 Å². The van der Waals surface area contributed by atoms with Crippen molar-refractivity contribution in [2.24, 2.45) is 7.05 Å². The molecule has 1 aromatic rings. The second kappa shape index (κ2) is 4.15. The molecule has 1 heterocycles. The van der Waals surface area contributed by atoms with E-state index in [2.05, 4.69) is 5.10 Å². The minimum Gasteiger partial charge on any atom is -0.410 e. The Bertz CT molecular complexity index is 293. The summed E-state index contributed by atoms with van der Waals surface area (Å²) >= 11 is 0. The Kier molecular flexibility index (Phi) is 3.34. The third-order valence-electron chi connectivity index (χ3n) is 1.67. The summed E-state index contributed by atoms with van der Waals surface area (Å²) in [5, 5.41) is 4.07. The fourth-order valence-electron chi connectivity index (χ4n) is 1.14. The zero-order chi connectivity index (χ0) is 10.8. The van der Waals surface area contributed by atoms with Gasteiger partial charge in [-0.15, -0.1) is 0 Å². The first-order chi connectivity index (χ1) is 6.42. The number of hydrogen-bond donors (Lipinski definition) is 0. The summed E-state index contributed by atoms with van der Waals surface area (Å²) in [5.41, 5.74) is 0.709. The molecule has 0 amide bonds. The molecule has 78 valence electrons. The molecule has 0 aliphatic heterocycles. The molecule has 1 aromatic heterocycles. The van der Waals surface area contributed by atoms with Crippen LogP contribution in [0.1, 0.15) is 20.8 Å². The van der Waals surface area contributed by atoms with Gasteiger partial charge in [-0.1, -0.05) is 0 Å². The lowest BCUT2D eigenvalue weighted by Crippen LogP contribution is -2.41. The molecule has 0 aliphatic rings. The number of aromatic nitrogens is 2. The third-order valence-corrected chi connectivity index (χ3v) is 1.67. The summed E-state index contributed by atoms with van der Waals surface area (Å²) in [4.78, 5) is 0. The van der Waals surface area contributed by atoms with Crippen LogP contribution in [0.25, 0.3) is 0 Å². The summed E-state index contributed by atoms with van der Waals surface area (Å²) in [6.07, 6.45) is 3.64. The van der Waals surface area contributed by atoms with Gasteiger partial charge in [-0.3, -0.25) is 4.68 Å². The van der Waals surface area contributed by atoms with E-state index in [-0.39, 0.29) is 12.7 Å². The monoisotopic (exact) mass is 196 g/mol. The van der Waals surface area contributed by atoms with Gasteiger partial charge in [0.25, 0.3) is 0 Å². The van der Waals surface area contributed by atoms with Crippen LogP contribution in [0.3, 0.4) is 0 Å². The first-order valence-electron chi connectivity index (χ1n) is 4.61. The van der Waals surface area contributed by atoms with Crippen LogP contribution in [-0.2, 0) is 16.4 Å². The molecule has 1 rings (SSSR count). The summed E-state index contributed by atoms with van der Waals surface area (Å²) in [6.45, 7) is 5.99. The SMILES string of the molecule is COB(OC(C)(C)C)c1cnn(C)c1. The van der Waals surface area contributed by atoms with Gasteiger partial charge in [0.15, 0.2) is 0 Å². The maximum absolute atomic E-state index is 5.71. The van der Waals surface area contributed by atoms with E-state index in [0.717, 1.165) is 5.46 Å². The Morgan fingerprint density at radius 1 is 1.43 bits per heavy atom. The quantitative estimate of drug-likeness (QED) is 0.663. The van der Waals surface area contributed by atoms with Gasteiger partial charge in [-0.25, -0.2) is 0 Å². The molecule has 0 saturated heterocycles. The molecule has 4 nitrogen and oxygen atoms in total. The van der Waals surface area contributed by atoms with Crippen molar-refractivity contribution in [3.05, 3.63) is 12.4 Å². The molecule has 5 heteroatoms. The Morgan fingerprint density at radius 3 is 2.43 bits per heavy atom. The van der Waals surface area contributed by atoms with Crippen molar-refractivity contribution in [1.29, 1.82) is 0 Å². The largest absolute Gasteiger partial charge is 0.497 e. The molecular formula is C9H17BN2O2. The molecule has 0 radical (unpaired) electrons. The highest BCUT2D eigenvalue weighted by atomic mass is 16.6. The number of aryl methyl sites for hydroxylation is 1. The standard InChI is InChI=1S/C9H17BN2O2/c1-9(2,3)14-10(13-5)8-6-11-12(4)7-8/h6-7H,1-5H3. The van der Waals surface area contributed by atoms with Gasteiger partial charge < -0.3 is 9.31 Å². The van der Waals surface area contributed by atoms with Crippen LogP contribution in [-0.4, -0.2) is 29.6 Å². The van der Waals surface area contributed by atoms with Crippen molar-refractivity contribution in [3.8, 4) is 0 Å². The Hall–Kier alpha value is -0.805.